The largest absolute Gasteiger partial charge is 0.365 e. The molecule has 0 radical (unpaired) electrons. The first-order chi connectivity index (χ1) is 14.3. The van der Waals surface area contributed by atoms with Crippen LogP contribution in [0, 0.1) is 37.0 Å². The monoisotopic (exact) mass is 422 g/mol. The molecule has 1 aromatic carbocycles. The molecule has 4 fully saturated rings. The lowest BCUT2D eigenvalue weighted by Gasteiger charge is -2.56. The van der Waals surface area contributed by atoms with Crippen molar-refractivity contribution in [1.82, 2.24) is 0 Å². The molecule has 2 amide bonds. The molecule has 1 heterocycles. The fourth-order valence-electron chi connectivity index (χ4n) is 6.94. The Balaban J connectivity index is 1.39. The van der Waals surface area contributed by atoms with Gasteiger partial charge in [0.05, 0.1) is 5.56 Å². The minimum absolute atomic E-state index is 0.0359. The first kappa shape index (κ1) is 19.8. The molecule has 0 unspecified atom stereocenters. The van der Waals surface area contributed by atoms with E-state index in [4.69, 9.17) is 5.73 Å². The molecule has 30 heavy (non-hydrogen) atoms. The third-order valence-corrected chi connectivity index (χ3v) is 8.57. The zero-order valence-electron chi connectivity index (χ0n) is 17.8. The minimum Gasteiger partial charge on any atom is -0.365 e. The number of carbonyl (C=O) groups excluding carboxylic acids is 2. The van der Waals surface area contributed by atoms with E-state index >= 15 is 0 Å². The molecule has 4 nitrogen and oxygen atoms in total. The summed E-state index contributed by atoms with van der Waals surface area (Å²) in [5.41, 5.74) is 10.4. The molecule has 2 aromatic rings. The Morgan fingerprint density at radius 1 is 1.07 bits per heavy atom. The van der Waals surface area contributed by atoms with Crippen molar-refractivity contribution in [2.75, 3.05) is 5.32 Å². The summed E-state index contributed by atoms with van der Waals surface area (Å²) in [5.74, 6) is 2.01. The summed E-state index contributed by atoms with van der Waals surface area (Å²) in [6.07, 6.45) is 8.30. The number of rotatable bonds is 5. The average Bonchev–Trinajstić information content (AvgIpc) is 3.05. The van der Waals surface area contributed by atoms with Crippen LogP contribution in [0.4, 0.5) is 5.00 Å². The SMILES string of the molecule is Cc1ccc(C)c(-c2csc(NC(=O)CC34CC5CC(CC(C5)C3)C4)c2C(N)=O)c1. The van der Waals surface area contributed by atoms with Crippen molar-refractivity contribution < 1.29 is 9.59 Å². The first-order valence-electron chi connectivity index (χ1n) is 11.1. The fourth-order valence-corrected chi connectivity index (χ4v) is 7.92. The van der Waals surface area contributed by atoms with E-state index in [9.17, 15) is 9.59 Å². The second-order valence-corrected chi connectivity index (χ2v) is 11.1. The van der Waals surface area contributed by atoms with Gasteiger partial charge in [0.15, 0.2) is 0 Å². The van der Waals surface area contributed by atoms with Gasteiger partial charge < -0.3 is 11.1 Å². The Bertz CT molecular complexity index is 987. The molecule has 158 valence electrons. The Kier molecular flexibility index (Phi) is 4.77. The molecule has 0 spiro atoms. The summed E-state index contributed by atoms with van der Waals surface area (Å²) in [6.45, 7) is 4.07. The van der Waals surface area contributed by atoms with Gasteiger partial charge in [0, 0.05) is 17.4 Å². The van der Waals surface area contributed by atoms with Gasteiger partial charge in [-0.05, 0) is 86.7 Å². The van der Waals surface area contributed by atoms with Crippen LogP contribution in [0.2, 0.25) is 0 Å². The van der Waals surface area contributed by atoms with Crippen LogP contribution < -0.4 is 11.1 Å². The van der Waals surface area contributed by atoms with Gasteiger partial charge in [-0.25, -0.2) is 0 Å². The number of hydrogen-bond acceptors (Lipinski definition) is 3. The molecular weight excluding hydrogens is 392 g/mol. The van der Waals surface area contributed by atoms with Crippen molar-refractivity contribution in [2.45, 2.75) is 58.8 Å². The number of thiophene rings is 1. The molecular formula is C25H30N2O2S. The number of benzene rings is 1. The lowest BCUT2D eigenvalue weighted by Crippen LogP contribution is -2.47. The zero-order valence-corrected chi connectivity index (χ0v) is 18.6. The number of carbonyl (C=O) groups is 2. The molecule has 0 atom stereocenters. The lowest BCUT2D eigenvalue weighted by molar-refractivity contribution is -0.124. The maximum Gasteiger partial charge on any atom is 0.252 e. The van der Waals surface area contributed by atoms with E-state index in [0.29, 0.717) is 17.0 Å². The molecule has 0 aliphatic heterocycles. The second kappa shape index (κ2) is 7.23. The van der Waals surface area contributed by atoms with Gasteiger partial charge in [-0.1, -0.05) is 23.8 Å². The molecule has 4 saturated carbocycles. The lowest BCUT2D eigenvalue weighted by atomic mass is 9.49. The highest BCUT2D eigenvalue weighted by molar-refractivity contribution is 7.15. The summed E-state index contributed by atoms with van der Waals surface area (Å²) in [5, 5.41) is 5.61. The van der Waals surface area contributed by atoms with Crippen LogP contribution >= 0.6 is 11.3 Å². The van der Waals surface area contributed by atoms with E-state index in [1.807, 2.05) is 19.2 Å². The molecule has 0 saturated heterocycles. The zero-order chi connectivity index (χ0) is 21.0. The van der Waals surface area contributed by atoms with Crippen molar-refractivity contribution in [3.63, 3.8) is 0 Å². The predicted octanol–water partition coefficient (Wildman–Crippen LogP) is 5.68. The topological polar surface area (TPSA) is 72.2 Å². The maximum atomic E-state index is 13.1. The molecule has 4 aliphatic rings. The standard InChI is InChI=1S/C25H30N2O2S/c1-14-3-4-15(2)19(5-14)20-13-30-24(22(20)23(26)29)27-21(28)12-25-9-16-6-17(10-25)8-18(7-16)11-25/h3-5,13,16-18H,6-12H2,1-2H3,(H2,26,29)(H,27,28). The maximum absolute atomic E-state index is 13.1. The summed E-state index contributed by atoms with van der Waals surface area (Å²) in [7, 11) is 0. The van der Waals surface area contributed by atoms with Crippen molar-refractivity contribution in [3.8, 4) is 11.1 Å². The van der Waals surface area contributed by atoms with Gasteiger partial charge in [-0.15, -0.1) is 11.3 Å². The van der Waals surface area contributed by atoms with Gasteiger partial charge in [-0.3, -0.25) is 9.59 Å². The third-order valence-electron chi connectivity index (χ3n) is 7.67. The number of anilines is 1. The van der Waals surface area contributed by atoms with Crippen LogP contribution in [0.15, 0.2) is 23.6 Å². The number of primary amides is 1. The average molecular weight is 423 g/mol. The van der Waals surface area contributed by atoms with Crippen LogP contribution in [0.5, 0.6) is 0 Å². The van der Waals surface area contributed by atoms with E-state index in [1.165, 1.54) is 49.9 Å². The van der Waals surface area contributed by atoms with Gasteiger partial charge >= 0.3 is 0 Å². The third kappa shape index (κ3) is 3.47. The van der Waals surface area contributed by atoms with Gasteiger partial charge in [0.2, 0.25) is 5.91 Å². The number of amides is 2. The minimum atomic E-state index is -0.489. The summed E-state index contributed by atoms with van der Waals surface area (Å²) >= 11 is 1.40. The van der Waals surface area contributed by atoms with Crippen LogP contribution in [0.25, 0.3) is 11.1 Å². The van der Waals surface area contributed by atoms with Crippen LogP contribution in [0.1, 0.15) is 66.4 Å². The van der Waals surface area contributed by atoms with Gasteiger partial charge in [0.25, 0.3) is 5.91 Å². The van der Waals surface area contributed by atoms with Crippen molar-refractivity contribution in [2.24, 2.45) is 28.9 Å². The Labute approximate surface area is 182 Å². The highest BCUT2D eigenvalue weighted by Crippen LogP contribution is 2.61. The van der Waals surface area contributed by atoms with Gasteiger partial charge in [-0.2, -0.15) is 0 Å². The molecule has 4 bridgehead atoms. The van der Waals surface area contributed by atoms with Crippen molar-refractivity contribution >= 4 is 28.2 Å². The Hall–Kier alpha value is -2.14. The highest BCUT2D eigenvalue weighted by atomic mass is 32.1. The molecule has 4 aliphatic carbocycles. The summed E-state index contributed by atoms with van der Waals surface area (Å²) in [4.78, 5) is 25.4. The van der Waals surface area contributed by atoms with E-state index in [-0.39, 0.29) is 11.3 Å². The summed E-state index contributed by atoms with van der Waals surface area (Å²) in [6, 6.07) is 6.19. The van der Waals surface area contributed by atoms with E-state index in [0.717, 1.165) is 40.0 Å². The predicted molar refractivity (Wildman–Crippen MR) is 122 cm³/mol. The van der Waals surface area contributed by atoms with Crippen LogP contribution in [0.3, 0.4) is 0 Å². The number of nitrogens with one attached hydrogen (secondary N) is 1. The number of aryl methyl sites for hydroxylation is 2. The normalized spacial score (nSPS) is 29.2. The van der Waals surface area contributed by atoms with E-state index < -0.39 is 5.91 Å². The van der Waals surface area contributed by atoms with Crippen LogP contribution in [-0.2, 0) is 4.79 Å². The molecule has 6 rings (SSSR count). The summed E-state index contributed by atoms with van der Waals surface area (Å²) < 4.78 is 0. The molecule has 5 heteroatoms. The highest BCUT2D eigenvalue weighted by Gasteiger charge is 2.51. The first-order valence-corrected chi connectivity index (χ1v) is 12.0. The Morgan fingerprint density at radius 3 is 2.30 bits per heavy atom. The number of nitrogens with two attached hydrogens (primary N) is 1. The Morgan fingerprint density at radius 2 is 1.70 bits per heavy atom. The van der Waals surface area contributed by atoms with E-state index in [1.54, 1.807) is 0 Å². The van der Waals surface area contributed by atoms with Crippen molar-refractivity contribution in [1.29, 1.82) is 0 Å². The quantitative estimate of drug-likeness (QED) is 0.651. The van der Waals surface area contributed by atoms with E-state index in [2.05, 4.69) is 23.5 Å². The van der Waals surface area contributed by atoms with Crippen LogP contribution in [-0.4, -0.2) is 11.8 Å². The smallest absolute Gasteiger partial charge is 0.252 e. The molecule has 1 aromatic heterocycles. The fraction of sp³-hybridized carbons (Fsp3) is 0.520. The van der Waals surface area contributed by atoms with Crippen molar-refractivity contribution in [3.05, 3.63) is 40.3 Å². The second-order valence-electron chi connectivity index (χ2n) is 10.2. The number of hydrogen-bond donors (Lipinski definition) is 2. The molecule has 3 N–H and O–H groups in total. The van der Waals surface area contributed by atoms with Gasteiger partial charge in [0.1, 0.15) is 5.00 Å².